The summed E-state index contributed by atoms with van der Waals surface area (Å²) in [5.74, 6) is 1.93. The van der Waals surface area contributed by atoms with E-state index in [1.165, 1.54) is 0 Å². The third-order valence-electron chi connectivity index (χ3n) is 2.84. The summed E-state index contributed by atoms with van der Waals surface area (Å²) in [4.78, 5) is 4.26. The summed E-state index contributed by atoms with van der Waals surface area (Å²) in [7, 11) is 2.05. The Kier molecular flexibility index (Phi) is 5.59. The molecular weight excluding hydrogens is 310 g/mol. The number of aromatic nitrogens is 1. The van der Waals surface area contributed by atoms with E-state index in [1.807, 2.05) is 18.2 Å². The van der Waals surface area contributed by atoms with Gasteiger partial charge in [0.1, 0.15) is 5.75 Å². The van der Waals surface area contributed by atoms with Crippen molar-refractivity contribution in [3.05, 3.63) is 52.7 Å². The van der Waals surface area contributed by atoms with Crippen molar-refractivity contribution in [3.8, 4) is 11.6 Å². The van der Waals surface area contributed by atoms with Gasteiger partial charge < -0.3 is 9.47 Å². The quantitative estimate of drug-likeness (QED) is 0.818. The van der Waals surface area contributed by atoms with Gasteiger partial charge in [0.2, 0.25) is 5.88 Å². The van der Waals surface area contributed by atoms with Crippen LogP contribution in [0.1, 0.15) is 11.3 Å². The van der Waals surface area contributed by atoms with Gasteiger partial charge in [-0.25, -0.2) is 4.98 Å². The summed E-state index contributed by atoms with van der Waals surface area (Å²) in [6.45, 7) is 0. The SMILES string of the molecule is COc1cccc(C[S@@](=O)Cc2ccc(OC)c(Cl)c2)n1. The van der Waals surface area contributed by atoms with Crippen molar-refractivity contribution in [2.24, 2.45) is 0 Å². The lowest BCUT2D eigenvalue weighted by atomic mass is 10.2. The lowest BCUT2D eigenvalue weighted by molar-refractivity contribution is 0.397. The average molecular weight is 326 g/mol. The first kappa shape index (κ1) is 15.8. The number of ether oxygens (including phenoxy) is 2. The van der Waals surface area contributed by atoms with E-state index in [0.717, 1.165) is 11.3 Å². The van der Waals surface area contributed by atoms with Crippen molar-refractivity contribution in [2.75, 3.05) is 14.2 Å². The molecule has 0 spiro atoms. The van der Waals surface area contributed by atoms with Crippen LogP contribution in [0.4, 0.5) is 0 Å². The fourth-order valence-corrected chi connectivity index (χ4v) is 3.28. The summed E-state index contributed by atoms with van der Waals surface area (Å²) in [6.07, 6.45) is 0. The van der Waals surface area contributed by atoms with Crippen LogP contribution in [0, 0.1) is 0 Å². The number of nitrogens with zero attached hydrogens (tertiary/aromatic N) is 1. The molecule has 4 nitrogen and oxygen atoms in total. The van der Waals surface area contributed by atoms with Crippen LogP contribution in [-0.4, -0.2) is 23.4 Å². The van der Waals surface area contributed by atoms with Gasteiger partial charge in [-0.1, -0.05) is 23.7 Å². The van der Waals surface area contributed by atoms with Gasteiger partial charge in [-0.2, -0.15) is 0 Å². The van der Waals surface area contributed by atoms with Crippen LogP contribution in [0.5, 0.6) is 11.6 Å². The second-order valence-electron chi connectivity index (χ2n) is 4.37. The van der Waals surface area contributed by atoms with E-state index in [-0.39, 0.29) is 0 Å². The molecule has 0 aliphatic carbocycles. The second kappa shape index (κ2) is 7.43. The Hall–Kier alpha value is -1.59. The van der Waals surface area contributed by atoms with Crippen LogP contribution < -0.4 is 9.47 Å². The zero-order chi connectivity index (χ0) is 15.2. The fraction of sp³-hybridized carbons (Fsp3) is 0.267. The molecule has 0 radical (unpaired) electrons. The van der Waals surface area contributed by atoms with Crippen molar-refractivity contribution >= 4 is 22.4 Å². The standard InChI is InChI=1S/C15H16ClNO3S/c1-19-14-7-6-11(8-13(14)16)9-21(18)10-12-4-3-5-15(17-12)20-2/h3-8H,9-10H2,1-2H3/t21-/m0/s1. The number of hydrogen-bond acceptors (Lipinski definition) is 4. The van der Waals surface area contributed by atoms with Gasteiger partial charge in [-0.3, -0.25) is 4.21 Å². The molecule has 0 saturated carbocycles. The minimum Gasteiger partial charge on any atom is -0.495 e. The van der Waals surface area contributed by atoms with E-state index in [2.05, 4.69) is 4.98 Å². The largest absolute Gasteiger partial charge is 0.495 e. The van der Waals surface area contributed by atoms with Gasteiger partial charge in [-0.15, -0.1) is 0 Å². The lowest BCUT2D eigenvalue weighted by Crippen LogP contribution is -2.02. The molecule has 0 saturated heterocycles. The Balaban J connectivity index is 2.02. The number of benzene rings is 1. The molecule has 6 heteroatoms. The van der Waals surface area contributed by atoms with Gasteiger partial charge in [-0.05, 0) is 23.8 Å². The van der Waals surface area contributed by atoms with Crippen molar-refractivity contribution in [1.82, 2.24) is 4.98 Å². The number of methoxy groups -OCH3 is 2. The summed E-state index contributed by atoms with van der Waals surface area (Å²) >= 11 is 6.06. The van der Waals surface area contributed by atoms with E-state index in [0.29, 0.717) is 28.2 Å². The van der Waals surface area contributed by atoms with Crippen molar-refractivity contribution < 1.29 is 13.7 Å². The number of pyridine rings is 1. The first-order chi connectivity index (χ1) is 10.1. The second-order valence-corrected chi connectivity index (χ2v) is 6.23. The molecular formula is C15H16ClNO3S. The molecule has 0 amide bonds. The van der Waals surface area contributed by atoms with Gasteiger partial charge in [0.15, 0.2) is 0 Å². The lowest BCUT2D eigenvalue weighted by Gasteiger charge is -2.07. The van der Waals surface area contributed by atoms with Crippen molar-refractivity contribution in [1.29, 1.82) is 0 Å². The van der Waals surface area contributed by atoms with E-state index in [9.17, 15) is 4.21 Å². The molecule has 0 N–H and O–H groups in total. The Morgan fingerprint density at radius 1 is 1.14 bits per heavy atom. The van der Waals surface area contributed by atoms with Crippen molar-refractivity contribution in [3.63, 3.8) is 0 Å². The van der Waals surface area contributed by atoms with Crippen molar-refractivity contribution in [2.45, 2.75) is 11.5 Å². The summed E-state index contributed by atoms with van der Waals surface area (Å²) in [5.41, 5.74) is 1.65. The Labute approximate surface area is 131 Å². The molecule has 1 heterocycles. The molecule has 1 aromatic heterocycles. The average Bonchev–Trinajstić information content (AvgIpc) is 2.47. The highest BCUT2D eigenvalue weighted by Crippen LogP contribution is 2.25. The van der Waals surface area contributed by atoms with Gasteiger partial charge in [0.25, 0.3) is 0 Å². The highest BCUT2D eigenvalue weighted by Gasteiger charge is 2.08. The zero-order valence-electron chi connectivity index (χ0n) is 11.8. The van der Waals surface area contributed by atoms with Crippen LogP contribution in [0.15, 0.2) is 36.4 Å². The topological polar surface area (TPSA) is 48.4 Å². The van der Waals surface area contributed by atoms with Crippen LogP contribution in [0.25, 0.3) is 0 Å². The molecule has 0 aliphatic heterocycles. The Morgan fingerprint density at radius 2 is 1.95 bits per heavy atom. The Bertz CT molecular complexity index is 649. The first-order valence-electron chi connectivity index (χ1n) is 6.29. The number of rotatable bonds is 6. The molecule has 0 bridgehead atoms. The molecule has 0 aliphatic rings. The van der Waals surface area contributed by atoms with Gasteiger partial charge in [0, 0.05) is 22.6 Å². The predicted octanol–water partition coefficient (Wildman–Crippen LogP) is 3.20. The maximum Gasteiger partial charge on any atom is 0.213 e. The molecule has 1 aromatic carbocycles. The first-order valence-corrected chi connectivity index (χ1v) is 8.16. The molecule has 112 valence electrons. The molecule has 0 fully saturated rings. The number of hydrogen-bond donors (Lipinski definition) is 0. The van der Waals surface area contributed by atoms with E-state index in [4.69, 9.17) is 21.1 Å². The number of halogens is 1. The summed E-state index contributed by atoms with van der Waals surface area (Å²) < 4.78 is 22.4. The third kappa shape index (κ3) is 4.44. The minimum atomic E-state index is -1.07. The predicted molar refractivity (Wildman–Crippen MR) is 84.3 cm³/mol. The van der Waals surface area contributed by atoms with E-state index in [1.54, 1.807) is 32.4 Å². The molecule has 0 unspecified atom stereocenters. The molecule has 2 aromatic rings. The highest BCUT2D eigenvalue weighted by molar-refractivity contribution is 7.83. The van der Waals surface area contributed by atoms with E-state index >= 15 is 0 Å². The van der Waals surface area contributed by atoms with Crippen LogP contribution in [0.2, 0.25) is 5.02 Å². The van der Waals surface area contributed by atoms with Crippen LogP contribution >= 0.6 is 11.6 Å². The molecule has 1 atom stereocenters. The molecule has 21 heavy (non-hydrogen) atoms. The Morgan fingerprint density at radius 3 is 2.62 bits per heavy atom. The summed E-state index contributed by atoms with van der Waals surface area (Å²) in [6, 6.07) is 10.8. The van der Waals surface area contributed by atoms with Gasteiger partial charge >= 0.3 is 0 Å². The van der Waals surface area contributed by atoms with Crippen LogP contribution in [0.3, 0.4) is 0 Å². The van der Waals surface area contributed by atoms with Gasteiger partial charge in [0.05, 0.1) is 30.7 Å². The summed E-state index contributed by atoms with van der Waals surface area (Å²) in [5, 5.41) is 0.520. The maximum atomic E-state index is 12.2. The monoisotopic (exact) mass is 325 g/mol. The highest BCUT2D eigenvalue weighted by atomic mass is 35.5. The smallest absolute Gasteiger partial charge is 0.213 e. The zero-order valence-corrected chi connectivity index (χ0v) is 13.4. The van der Waals surface area contributed by atoms with Crippen LogP contribution in [-0.2, 0) is 22.3 Å². The maximum absolute atomic E-state index is 12.2. The molecule has 2 rings (SSSR count). The normalized spacial score (nSPS) is 12.0. The minimum absolute atomic E-state index is 0.376. The third-order valence-corrected chi connectivity index (χ3v) is 4.41. The van der Waals surface area contributed by atoms with E-state index < -0.39 is 10.8 Å². The fourth-order valence-electron chi connectivity index (χ4n) is 1.85.